The lowest BCUT2D eigenvalue weighted by Gasteiger charge is -2.14. The molecule has 2 N–H and O–H groups in total. The summed E-state index contributed by atoms with van der Waals surface area (Å²) in [6, 6.07) is 5.88. The molecule has 8 nitrogen and oxygen atoms in total. The van der Waals surface area contributed by atoms with Crippen molar-refractivity contribution in [3.8, 4) is 0 Å². The molecule has 0 saturated carbocycles. The Morgan fingerprint density at radius 1 is 1.00 bits per heavy atom. The summed E-state index contributed by atoms with van der Waals surface area (Å²) in [7, 11) is 0. The largest absolute Gasteiger partial charge is 0.416 e. The van der Waals surface area contributed by atoms with Crippen molar-refractivity contribution in [1.82, 2.24) is 29.8 Å². The fourth-order valence-electron chi connectivity index (χ4n) is 3.49. The van der Waals surface area contributed by atoms with Crippen molar-refractivity contribution in [2.45, 2.75) is 39.5 Å². The number of benzene rings is 1. The van der Waals surface area contributed by atoms with Gasteiger partial charge in [-0.1, -0.05) is 13.8 Å². The van der Waals surface area contributed by atoms with Gasteiger partial charge in [-0.3, -0.25) is 9.78 Å². The van der Waals surface area contributed by atoms with Crippen molar-refractivity contribution < 1.29 is 18.0 Å². The lowest BCUT2D eigenvalue weighted by molar-refractivity contribution is -0.137. The molecule has 3 aromatic heterocycles. The second-order valence-corrected chi connectivity index (χ2v) is 8.57. The van der Waals surface area contributed by atoms with Crippen LogP contribution in [0, 0.1) is 5.92 Å². The van der Waals surface area contributed by atoms with Crippen molar-refractivity contribution in [1.29, 1.82) is 0 Å². The number of amides is 1. The zero-order valence-corrected chi connectivity index (χ0v) is 19.3. The smallest absolute Gasteiger partial charge is 0.343 e. The zero-order chi connectivity index (χ0) is 25.2. The highest BCUT2D eigenvalue weighted by atomic mass is 19.4. The number of aromatic nitrogens is 5. The fourth-order valence-corrected chi connectivity index (χ4v) is 3.49. The number of fused-ring (bicyclic) bond motifs is 1. The SMILES string of the molecule is CC(C)Cn1cnc2cnc(C(=O)NC(C)c3cnc(Nc4ccc(C(F)(F)F)cc4)cn3)cc21. The normalized spacial score (nSPS) is 12.7. The first-order chi connectivity index (χ1) is 16.6. The van der Waals surface area contributed by atoms with Crippen LogP contribution in [0.15, 0.2) is 55.2 Å². The minimum atomic E-state index is -4.39. The number of halogens is 3. The van der Waals surface area contributed by atoms with Gasteiger partial charge >= 0.3 is 6.18 Å². The maximum Gasteiger partial charge on any atom is 0.416 e. The Bertz CT molecular complexity index is 1320. The van der Waals surface area contributed by atoms with E-state index in [-0.39, 0.29) is 11.6 Å². The maximum atomic E-state index is 12.8. The molecular weight excluding hydrogens is 459 g/mol. The summed E-state index contributed by atoms with van der Waals surface area (Å²) in [5.74, 6) is 0.427. The number of hydrogen-bond donors (Lipinski definition) is 2. The predicted octanol–water partition coefficient (Wildman–Crippen LogP) is 5.13. The summed E-state index contributed by atoms with van der Waals surface area (Å²) in [6.45, 7) is 6.76. The molecule has 4 rings (SSSR count). The number of nitrogens with one attached hydrogen (secondary N) is 2. The number of alkyl halides is 3. The summed E-state index contributed by atoms with van der Waals surface area (Å²) in [4.78, 5) is 29.9. The van der Waals surface area contributed by atoms with Crippen molar-refractivity contribution in [2.24, 2.45) is 5.92 Å². The van der Waals surface area contributed by atoms with Gasteiger partial charge in [0.15, 0.2) is 0 Å². The Kier molecular flexibility index (Phi) is 6.68. The van der Waals surface area contributed by atoms with Crippen LogP contribution in [0.3, 0.4) is 0 Å². The van der Waals surface area contributed by atoms with Crippen LogP contribution in [0.25, 0.3) is 11.0 Å². The molecule has 0 fully saturated rings. The first kappa shape index (κ1) is 24.1. The first-order valence-corrected chi connectivity index (χ1v) is 11.0. The van der Waals surface area contributed by atoms with E-state index in [9.17, 15) is 18.0 Å². The van der Waals surface area contributed by atoms with Gasteiger partial charge in [0.1, 0.15) is 17.0 Å². The molecule has 0 aliphatic heterocycles. The minimum absolute atomic E-state index is 0.267. The number of carbonyl (C=O) groups is 1. The minimum Gasteiger partial charge on any atom is -0.343 e. The summed E-state index contributed by atoms with van der Waals surface area (Å²) in [5.41, 5.74) is 2.06. The van der Waals surface area contributed by atoms with E-state index >= 15 is 0 Å². The topological polar surface area (TPSA) is 97.6 Å². The number of imidazole rings is 1. The molecule has 0 radical (unpaired) electrons. The van der Waals surface area contributed by atoms with E-state index < -0.39 is 17.8 Å². The average Bonchev–Trinajstić information content (AvgIpc) is 3.20. The highest BCUT2D eigenvalue weighted by Crippen LogP contribution is 2.30. The van der Waals surface area contributed by atoms with E-state index in [1.165, 1.54) is 24.5 Å². The monoisotopic (exact) mass is 483 g/mol. The van der Waals surface area contributed by atoms with Crippen molar-refractivity contribution >= 4 is 28.4 Å². The Hall–Kier alpha value is -4.02. The van der Waals surface area contributed by atoms with Gasteiger partial charge in [-0.2, -0.15) is 13.2 Å². The maximum absolute atomic E-state index is 12.8. The molecule has 1 unspecified atom stereocenters. The van der Waals surface area contributed by atoms with Gasteiger partial charge < -0.3 is 15.2 Å². The average molecular weight is 483 g/mol. The lowest BCUT2D eigenvalue weighted by atomic mass is 10.2. The summed E-state index contributed by atoms with van der Waals surface area (Å²) in [6.07, 6.45) is 1.87. The van der Waals surface area contributed by atoms with Gasteiger partial charge in [0.25, 0.3) is 5.91 Å². The second kappa shape index (κ2) is 9.69. The third-order valence-corrected chi connectivity index (χ3v) is 5.25. The molecule has 1 atom stereocenters. The highest BCUT2D eigenvalue weighted by Gasteiger charge is 2.30. The lowest BCUT2D eigenvalue weighted by Crippen LogP contribution is -2.28. The van der Waals surface area contributed by atoms with E-state index in [0.717, 1.165) is 29.7 Å². The van der Waals surface area contributed by atoms with Gasteiger partial charge in [-0.05, 0) is 43.2 Å². The van der Waals surface area contributed by atoms with E-state index in [1.807, 2.05) is 4.57 Å². The number of pyridine rings is 1. The van der Waals surface area contributed by atoms with Crippen LogP contribution in [0.1, 0.15) is 48.6 Å². The van der Waals surface area contributed by atoms with E-state index in [2.05, 4.69) is 44.4 Å². The number of anilines is 2. The van der Waals surface area contributed by atoms with Crippen molar-refractivity contribution in [3.63, 3.8) is 0 Å². The standard InChI is InChI=1S/C24H24F3N7O/c1-14(2)12-34-13-31-20-10-28-18(8-21(20)34)23(35)32-15(3)19-9-30-22(11-29-19)33-17-6-4-16(5-7-17)24(25,26)27/h4-11,13-15H,12H2,1-3H3,(H,30,33)(H,32,35). The molecule has 0 saturated heterocycles. The Labute approximate surface area is 199 Å². The fraction of sp³-hybridized carbons (Fsp3) is 0.292. The first-order valence-electron chi connectivity index (χ1n) is 11.0. The Morgan fingerprint density at radius 3 is 2.37 bits per heavy atom. The molecule has 4 aromatic rings. The molecule has 1 amide bonds. The molecule has 3 heterocycles. The van der Waals surface area contributed by atoms with Crippen LogP contribution in [0.4, 0.5) is 24.7 Å². The van der Waals surface area contributed by atoms with Gasteiger partial charge in [-0.25, -0.2) is 15.0 Å². The van der Waals surface area contributed by atoms with Crippen LogP contribution in [0.5, 0.6) is 0 Å². The molecule has 0 aliphatic rings. The van der Waals surface area contributed by atoms with E-state index in [1.54, 1.807) is 25.5 Å². The number of rotatable bonds is 7. The quantitative estimate of drug-likeness (QED) is 0.378. The van der Waals surface area contributed by atoms with E-state index in [0.29, 0.717) is 23.1 Å². The Morgan fingerprint density at radius 2 is 1.74 bits per heavy atom. The Balaban J connectivity index is 1.41. The second-order valence-electron chi connectivity index (χ2n) is 8.57. The van der Waals surface area contributed by atoms with Crippen LogP contribution in [-0.4, -0.2) is 30.4 Å². The van der Waals surface area contributed by atoms with Gasteiger partial charge in [0.05, 0.1) is 47.7 Å². The van der Waals surface area contributed by atoms with Crippen LogP contribution >= 0.6 is 0 Å². The summed E-state index contributed by atoms with van der Waals surface area (Å²) >= 11 is 0. The summed E-state index contributed by atoms with van der Waals surface area (Å²) < 4.78 is 40.1. The van der Waals surface area contributed by atoms with Crippen LogP contribution in [-0.2, 0) is 12.7 Å². The number of nitrogens with zero attached hydrogens (tertiary/aromatic N) is 5. The summed E-state index contributed by atoms with van der Waals surface area (Å²) in [5, 5.41) is 5.76. The van der Waals surface area contributed by atoms with Gasteiger partial charge in [0, 0.05) is 12.2 Å². The van der Waals surface area contributed by atoms with Crippen molar-refractivity contribution in [2.75, 3.05) is 5.32 Å². The molecular formula is C24H24F3N7O. The molecule has 0 bridgehead atoms. The molecule has 0 aliphatic carbocycles. The third kappa shape index (κ3) is 5.73. The van der Waals surface area contributed by atoms with Crippen LogP contribution in [0.2, 0.25) is 0 Å². The van der Waals surface area contributed by atoms with E-state index in [4.69, 9.17) is 0 Å². The van der Waals surface area contributed by atoms with Gasteiger partial charge in [-0.15, -0.1) is 0 Å². The molecule has 182 valence electrons. The van der Waals surface area contributed by atoms with Gasteiger partial charge in [0.2, 0.25) is 0 Å². The number of carbonyl (C=O) groups excluding carboxylic acids is 1. The molecule has 0 spiro atoms. The number of hydrogen-bond acceptors (Lipinski definition) is 6. The zero-order valence-electron chi connectivity index (χ0n) is 19.3. The third-order valence-electron chi connectivity index (χ3n) is 5.25. The molecule has 35 heavy (non-hydrogen) atoms. The van der Waals surface area contributed by atoms with Crippen molar-refractivity contribution in [3.05, 3.63) is 72.2 Å². The van der Waals surface area contributed by atoms with Crippen LogP contribution < -0.4 is 10.6 Å². The highest BCUT2D eigenvalue weighted by molar-refractivity contribution is 5.95. The predicted molar refractivity (Wildman–Crippen MR) is 125 cm³/mol. The molecule has 11 heteroatoms. The molecule has 1 aromatic carbocycles.